The summed E-state index contributed by atoms with van der Waals surface area (Å²) in [4.78, 5) is 18.2. The Labute approximate surface area is 173 Å². The first-order chi connectivity index (χ1) is 14.1. The molecule has 2 N–H and O–H groups in total. The van der Waals surface area contributed by atoms with Gasteiger partial charge in [0.2, 0.25) is 0 Å². The zero-order chi connectivity index (χ0) is 20.2. The molecule has 3 heterocycles. The number of rotatable bonds is 8. The molecule has 0 spiro atoms. The van der Waals surface area contributed by atoms with Gasteiger partial charge in [0.15, 0.2) is 5.13 Å². The molecule has 1 aliphatic heterocycles. The lowest BCUT2D eigenvalue weighted by Crippen LogP contribution is -2.27. The normalized spacial score (nSPS) is 13.7. The number of benzene rings is 1. The van der Waals surface area contributed by atoms with Gasteiger partial charge in [-0.15, -0.1) is 11.3 Å². The maximum Gasteiger partial charge on any atom is 0.321 e. The van der Waals surface area contributed by atoms with Crippen LogP contribution in [0.4, 0.5) is 21.3 Å². The lowest BCUT2D eigenvalue weighted by molar-refractivity contribution is 0.136. The minimum absolute atomic E-state index is 0.0462. The second-order valence-electron chi connectivity index (χ2n) is 6.68. The van der Waals surface area contributed by atoms with E-state index in [0.717, 1.165) is 40.0 Å². The molecule has 9 heteroatoms. The Morgan fingerprint density at radius 2 is 2.14 bits per heavy atom. The van der Waals surface area contributed by atoms with E-state index in [-0.39, 0.29) is 6.03 Å². The molecule has 0 radical (unpaired) electrons. The van der Waals surface area contributed by atoms with Gasteiger partial charge in [-0.05, 0) is 26.0 Å². The maximum atomic E-state index is 11.8. The minimum atomic E-state index is -0.0462. The summed E-state index contributed by atoms with van der Waals surface area (Å²) in [7, 11) is 0. The highest BCUT2D eigenvalue weighted by atomic mass is 32.1. The number of thiazole rings is 1. The Morgan fingerprint density at radius 1 is 1.31 bits per heavy atom. The zero-order valence-corrected chi connectivity index (χ0v) is 17.3. The first kappa shape index (κ1) is 19.4. The van der Waals surface area contributed by atoms with Crippen molar-refractivity contribution in [3.63, 3.8) is 0 Å². The molecular formula is C20H24N6O2S. The number of nitrogens with one attached hydrogen (secondary N) is 2. The number of nitrogens with zero attached hydrogens (tertiary/aromatic N) is 4. The summed E-state index contributed by atoms with van der Waals surface area (Å²) in [5, 5.41) is 13.5. The van der Waals surface area contributed by atoms with Gasteiger partial charge in [0.05, 0.1) is 30.2 Å². The van der Waals surface area contributed by atoms with Gasteiger partial charge in [0.1, 0.15) is 0 Å². The smallest absolute Gasteiger partial charge is 0.321 e. The Kier molecular flexibility index (Phi) is 5.77. The summed E-state index contributed by atoms with van der Waals surface area (Å²) >= 11 is 1.55. The third-order valence-corrected chi connectivity index (χ3v) is 5.45. The fraction of sp³-hybridized carbons (Fsp3) is 0.350. The number of hydrogen-bond acceptors (Lipinski definition) is 6. The van der Waals surface area contributed by atoms with Crippen molar-refractivity contribution in [2.45, 2.75) is 20.4 Å². The van der Waals surface area contributed by atoms with Crippen LogP contribution in [0.25, 0.3) is 11.3 Å². The van der Waals surface area contributed by atoms with E-state index in [4.69, 9.17) is 9.72 Å². The molecule has 152 valence electrons. The number of carbonyl (C=O) groups is 1. The van der Waals surface area contributed by atoms with E-state index in [0.29, 0.717) is 26.3 Å². The van der Waals surface area contributed by atoms with E-state index in [9.17, 15) is 4.79 Å². The van der Waals surface area contributed by atoms with E-state index in [1.54, 1.807) is 16.2 Å². The lowest BCUT2D eigenvalue weighted by Gasteiger charge is -2.14. The van der Waals surface area contributed by atoms with Crippen molar-refractivity contribution in [1.82, 2.24) is 20.1 Å². The Morgan fingerprint density at radius 3 is 2.86 bits per heavy atom. The number of aromatic nitrogens is 3. The number of anilines is 3. The molecular weight excluding hydrogens is 388 g/mol. The van der Waals surface area contributed by atoms with Crippen LogP contribution in [0.2, 0.25) is 0 Å². The van der Waals surface area contributed by atoms with E-state index >= 15 is 0 Å². The van der Waals surface area contributed by atoms with Crippen molar-refractivity contribution in [2.75, 3.05) is 36.5 Å². The summed E-state index contributed by atoms with van der Waals surface area (Å²) in [6.07, 6.45) is 1.98. The molecule has 0 unspecified atom stereocenters. The molecule has 1 saturated heterocycles. The average Bonchev–Trinajstić information content (AvgIpc) is 3.44. The van der Waals surface area contributed by atoms with E-state index in [1.165, 1.54) is 0 Å². The highest BCUT2D eigenvalue weighted by Gasteiger charge is 2.21. The fourth-order valence-corrected chi connectivity index (χ4v) is 3.90. The lowest BCUT2D eigenvalue weighted by atomic mass is 10.1. The Balaban J connectivity index is 1.43. The largest absolute Gasteiger partial charge is 0.380 e. The molecule has 0 aliphatic carbocycles. The van der Waals surface area contributed by atoms with Gasteiger partial charge in [-0.2, -0.15) is 5.10 Å². The Bertz CT molecular complexity index is 981. The molecule has 2 aromatic heterocycles. The molecule has 1 fully saturated rings. The van der Waals surface area contributed by atoms with Gasteiger partial charge in [-0.1, -0.05) is 12.1 Å². The van der Waals surface area contributed by atoms with Gasteiger partial charge < -0.3 is 15.4 Å². The first-order valence-electron chi connectivity index (χ1n) is 9.64. The van der Waals surface area contributed by atoms with Crippen LogP contribution in [0.1, 0.15) is 12.6 Å². The molecule has 2 amide bonds. The van der Waals surface area contributed by atoms with Crippen molar-refractivity contribution >= 4 is 33.9 Å². The van der Waals surface area contributed by atoms with Crippen LogP contribution in [0.15, 0.2) is 35.8 Å². The standard InChI is InChI=1S/C20H24N6O2S/c1-3-28-11-10-25-12-17(14(2)24-25)22-19-23-18(13-29-19)15-4-6-16(7-5-15)26-9-8-21-20(26)27/h4-7,12-13H,3,8-11H2,1-2H3,(H,21,27)(H,22,23). The summed E-state index contributed by atoms with van der Waals surface area (Å²) < 4.78 is 7.27. The number of amides is 2. The van der Waals surface area contributed by atoms with Gasteiger partial charge in [-0.3, -0.25) is 9.58 Å². The third-order valence-electron chi connectivity index (χ3n) is 4.69. The molecule has 3 aromatic rings. The van der Waals surface area contributed by atoms with Crippen LogP contribution < -0.4 is 15.5 Å². The van der Waals surface area contributed by atoms with E-state index in [2.05, 4.69) is 15.7 Å². The molecule has 1 aliphatic rings. The highest BCUT2D eigenvalue weighted by molar-refractivity contribution is 7.14. The number of urea groups is 1. The fourth-order valence-electron chi connectivity index (χ4n) is 3.17. The van der Waals surface area contributed by atoms with Gasteiger partial charge in [-0.25, -0.2) is 9.78 Å². The van der Waals surface area contributed by atoms with Gasteiger partial charge in [0.25, 0.3) is 0 Å². The predicted octanol–water partition coefficient (Wildman–Crippen LogP) is 3.62. The monoisotopic (exact) mass is 412 g/mol. The van der Waals surface area contributed by atoms with Crippen LogP contribution in [0.5, 0.6) is 0 Å². The second kappa shape index (κ2) is 8.62. The summed E-state index contributed by atoms with van der Waals surface area (Å²) in [5.74, 6) is 0. The molecule has 0 atom stereocenters. The SMILES string of the molecule is CCOCCn1cc(Nc2nc(-c3ccc(N4CCNC4=O)cc3)cs2)c(C)n1. The molecule has 1 aromatic carbocycles. The second-order valence-corrected chi connectivity index (χ2v) is 7.54. The number of aryl methyl sites for hydroxylation is 1. The number of hydrogen-bond donors (Lipinski definition) is 2. The van der Waals surface area contributed by atoms with Crippen molar-refractivity contribution in [3.05, 3.63) is 41.5 Å². The summed E-state index contributed by atoms with van der Waals surface area (Å²) in [6.45, 7) is 7.41. The zero-order valence-electron chi connectivity index (χ0n) is 16.5. The van der Waals surface area contributed by atoms with Crippen LogP contribution in [0.3, 0.4) is 0 Å². The summed E-state index contributed by atoms with van der Waals surface area (Å²) in [6, 6.07) is 7.86. The van der Waals surface area contributed by atoms with E-state index in [1.807, 2.05) is 54.4 Å². The van der Waals surface area contributed by atoms with Crippen molar-refractivity contribution in [2.24, 2.45) is 0 Å². The summed E-state index contributed by atoms with van der Waals surface area (Å²) in [5.41, 5.74) is 4.68. The number of carbonyl (C=O) groups excluding carboxylic acids is 1. The minimum Gasteiger partial charge on any atom is -0.380 e. The van der Waals surface area contributed by atoms with Gasteiger partial charge >= 0.3 is 6.03 Å². The van der Waals surface area contributed by atoms with Crippen LogP contribution >= 0.6 is 11.3 Å². The predicted molar refractivity (Wildman–Crippen MR) is 115 cm³/mol. The average molecular weight is 413 g/mol. The molecule has 4 rings (SSSR count). The van der Waals surface area contributed by atoms with Crippen molar-refractivity contribution in [1.29, 1.82) is 0 Å². The number of ether oxygens (including phenoxy) is 1. The van der Waals surface area contributed by atoms with Crippen molar-refractivity contribution in [3.8, 4) is 11.3 Å². The Hall–Kier alpha value is -2.91. The first-order valence-corrected chi connectivity index (χ1v) is 10.5. The van der Waals surface area contributed by atoms with E-state index < -0.39 is 0 Å². The molecule has 0 bridgehead atoms. The van der Waals surface area contributed by atoms with Crippen LogP contribution in [-0.2, 0) is 11.3 Å². The topological polar surface area (TPSA) is 84.3 Å². The van der Waals surface area contributed by atoms with Crippen molar-refractivity contribution < 1.29 is 9.53 Å². The molecule has 0 saturated carbocycles. The van der Waals surface area contributed by atoms with Crippen LogP contribution in [0, 0.1) is 6.92 Å². The molecule has 29 heavy (non-hydrogen) atoms. The molecule has 8 nitrogen and oxygen atoms in total. The maximum absolute atomic E-state index is 11.8. The van der Waals surface area contributed by atoms with Crippen LogP contribution in [-0.4, -0.2) is 47.1 Å². The quantitative estimate of drug-likeness (QED) is 0.552. The highest BCUT2D eigenvalue weighted by Crippen LogP contribution is 2.29. The van der Waals surface area contributed by atoms with Gasteiger partial charge in [0, 0.05) is 42.5 Å². The third kappa shape index (κ3) is 4.41.